The quantitative estimate of drug-likeness (QED) is 0.402. The van der Waals surface area contributed by atoms with Crippen molar-refractivity contribution in [3.63, 3.8) is 0 Å². The number of anilines is 1. The van der Waals surface area contributed by atoms with E-state index < -0.39 is 11.2 Å². The summed E-state index contributed by atoms with van der Waals surface area (Å²) >= 11 is 0. The second-order valence-corrected chi connectivity index (χ2v) is 10.6. The van der Waals surface area contributed by atoms with Crippen LogP contribution in [0.2, 0.25) is 0 Å². The maximum Gasteiger partial charge on any atom is 0.138 e. The number of ether oxygens (including phenoxy) is 1. The maximum absolute atomic E-state index is 11.2. The van der Waals surface area contributed by atoms with Gasteiger partial charge in [0.05, 0.1) is 29.1 Å². The zero-order valence-electron chi connectivity index (χ0n) is 21.2. The van der Waals surface area contributed by atoms with Crippen molar-refractivity contribution in [3.05, 3.63) is 78.2 Å². The Bertz CT molecular complexity index is 1330. The van der Waals surface area contributed by atoms with Gasteiger partial charge in [0.2, 0.25) is 0 Å². The van der Waals surface area contributed by atoms with Crippen LogP contribution in [0.5, 0.6) is 5.75 Å². The Morgan fingerprint density at radius 3 is 2.58 bits per heavy atom. The van der Waals surface area contributed by atoms with Gasteiger partial charge in [0.1, 0.15) is 18.2 Å². The Kier molecular flexibility index (Phi) is 6.45. The van der Waals surface area contributed by atoms with Crippen LogP contribution in [0.3, 0.4) is 0 Å². The molecule has 1 aliphatic rings. The minimum absolute atomic E-state index is 0.182. The zero-order chi connectivity index (χ0) is 25.3. The minimum Gasteiger partial charge on any atom is -0.489 e. The molecule has 2 N–H and O–H groups in total. The minimum atomic E-state index is -0.928. The van der Waals surface area contributed by atoms with E-state index in [0.29, 0.717) is 25.0 Å². The molecule has 4 aromatic rings. The molecule has 3 aromatic heterocycles. The van der Waals surface area contributed by atoms with E-state index in [1.807, 2.05) is 30.6 Å². The number of aryl methyl sites for hydroxylation is 1. The molecule has 0 amide bonds. The molecule has 0 radical (unpaired) electrons. The van der Waals surface area contributed by atoms with Crippen LogP contribution in [0, 0.1) is 6.92 Å². The second kappa shape index (κ2) is 9.56. The number of benzene rings is 1. The summed E-state index contributed by atoms with van der Waals surface area (Å²) in [5.74, 6) is 1.55. The van der Waals surface area contributed by atoms with E-state index in [1.54, 1.807) is 24.6 Å². The number of nitrogens with zero attached hydrogens (tertiary/aromatic N) is 4. The Morgan fingerprint density at radius 2 is 1.89 bits per heavy atom. The van der Waals surface area contributed by atoms with Gasteiger partial charge >= 0.3 is 0 Å². The van der Waals surface area contributed by atoms with Crippen LogP contribution in [-0.2, 0) is 6.42 Å². The summed E-state index contributed by atoms with van der Waals surface area (Å²) in [6.07, 6.45) is 7.56. The van der Waals surface area contributed by atoms with Gasteiger partial charge < -0.3 is 19.8 Å². The Morgan fingerprint density at radius 1 is 1.08 bits per heavy atom. The van der Waals surface area contributed by atoms with E-state index >= 15 is 0 Å². The highest BCUT2D eigenvalue weighted by Crippen LogP contribution is 2.32. The van der Waals surface area contributed by atoms with Crippen molar-refractivity contribution in [1.29, 1.82) is 0 Å². The van der Waals surface area contributed by atoms with E-state index in [-0.39, 0.29) is 6.61 Å². The number of pyridine rings is 2. The van der Waals surface area contributed by atoms with Gasteiger partial charge in [0.15, 0.2) is 0 Å². The molecule has 7 heteroatoms. The Hall–Kier alpha value is -3.42. The molecular weight excluding hydrogens is 452 g/mol. The van der Waals surface area contributed by atoms with E-state index in [4.69, 9.17) is 9.72 Å². The first kappa shape index (κ1) is 24.3. The van der Waals surface area contributed by atoms with Crippen molar-refractivity contribution in [2.75, 3.05) is 24.6 Å². The first-order valence-electron chi connectivity index (χ1n) is 12.5. The monoisotopic (exact) mass is 486 g/mol. The SMILES string of the molecule is Cc1cccc(CC2(O)CCN(c3ccc(-c4cc(OCC(C)(C)O)cn5nccc45)cn3)CC2)c1. The number of aromatic nitrogens is 3. The molecule has 0 bridgehead atoms. The van der Waals surface area contributed by atoms with Gasteiger partial charge in [-0.3, -0.25) is 0 Å². The fraction of sp³-hybridized carbons (Fsp3) is 0.379. The van der Waals surface area contributed by atoms with Gasteiger partial charge in [-0.2, -0.15) is 5.10 Å². The molecule has 7 nitrogen and oxygen atoms in total. The lowest BCUT2D eigenvalue weighted by Crippen LogP contribution is -2.46. The van der Waals surface area contributed by atoms with Gasteiger partial charge in [0.25, 0.3) is 0 Å². The number of aliphatic hydroxyl groups is 2. The van der Waals surface area contributed by atoms with E-state index in [0.717, 1.165) is 35.6 Å². The van der Waals surface area contributed by atoms with Crippen LogP contribution >= 0.6 is 0 Å². The summed E-state index contributed by atoms with van der Waals surface area (Å²) in [5.41, 5.74) is 3.69. The summed E-state index contributed by atoms with van der Waals surface area (Å²) in [6, 6.07) is 16.4. The molecule has 0 atom stereocenters. The van der Waals surface area contributed by atoms with Crippen LogP contribution in [0.1, 0.15) is 37.8 Å². The van der Waals surface area contributed by atoms with Crippen molar-refractivity contribution < 1.29 is 14.9 Å². The largest absolute Gasteiger partial charge is 0.489 e. The summed E-state index contributed by atoms with van der Waals surface area (Å²) in [5, 5.41) is 25.6. The molecule has 5 rings (SSSR count). The van der Waals surface area contributed by atoms with Gasteiger partial charge in [0, 0.05) is 36.8 Å². The van der Waals surface area contributed by atoms with Crippen LogP contribution in [0.25, 0.3) is 16.6 Å². The third kappa shape index (κ3) is 5.53. The predicted molar refractivity (Wildman–Crippen MR) is 141 cm³/mol. The molecule has 1 saturated heterocycles. The molecule has 36 heavy (non-hydrogen) atoms. The van der Waals surface area contributed by atoms with E-state index in [1.165, 1.54) is 11.1 Å². The van der Waals surface area contributed by atoms with E-state index in [9.17, 15) is 10.2 Å². The number of rotatable bonds is 7. The molecule has 1 fully saturated rings. The highest BCUT2D eigenvalue weighted by molar-refractivity contribution is 5.81. The third-order valence-corrected chi connectivity index (χ3v) is 6.77. The first-order valence-corrected chi connectivity index (χ1v) is 12.5. The lowest BCUT2D eigenvalue weighted by Gasteiger charge is -2.39. The van der Waals surface area contributed by atoms with Crippen molar-refractivity contribution in [1.82, 2.24) is 14.6 Å². The zero-order valence-corrected chi connectivity index (χ0v) is 21.2. The molecular formula is C29H34N4O3. The van der Waals surface area contributed by atoms with Crippen LogP contribution in [-0.4, -0.2) is 55.7 Å². The van der Waals surface area contributed by atoms with Gasteiger partial charge in [-0.15, -0.1) is 0 Å². The average Bonchev–Trinajstić information content (AvgIpc) is 3.31. The highest BCUT2D eigenvalue weighted by Gasteiger charge is 2.33. The number of hydrogen-bond acceptors (Lipinski definition) is 6. The van der Waals surface area contributed by atoms with Crippen LogP contribution in [0.4, 0.5) is 5.82 Å². The lowest BCUT2D eigenvalue weighted by molar-refractivity contribution is 0.0164. The molecule has 4 heterocycles. The number of fused-ring (bicyclic) bond motifs is 1. The smallest absolute Gasteiger partial charge is 0.138 e. The third-order valence-electron chi connectivity index (χ3n) is 6.77. The molecule has 0 unspecified atom stereocenters. The average molecular weight is 487 g/mol. The molecule has 0 saturated carbocycles. The van der Waals surface area contributed by atoms with Crippen LogP contribution in [0.15, 0.2) is 67.1 Å². The van der Waals surface area contributed by atoms with Crippen molar-refractivity contribution in [2.24, 2.45) is 0 Å². The first-order chi connectivity index (χ1) is 17.2. The fourth-order valence-corrected chi connectivity index (χ4v) is 4.84. The summed E-state index contributed by atoms with van der Waals surface area (Å²) in [7, 11) is 0. The molecule has 0 spiro atoms. The molecule has 0 aliphatic carbocycles. The number of hydrogen-bond donors (Lipinski definition) is 2. The predicted octanol–water partition coefficient (Wildman–Crippen LogP) is 4.43. The van der Waals surface area contributed by atoms with E-state index in [2.05, 4.69) is 47.3 Å². The Labute approximate surface area is 212 Å². The van der Waals surface area contributed by atoms with Gasteiger partial charge in [-0.05, 0) is 63.4 Å². The fourth-order valence-electron chi connectivity index (χ4n) is 4.84. The van der Waals surface area contributed by atoms with Crippen molar-refractivity contribution in [3.8, 4) is 16.9 Å². The summed E-state index contributed by atoms with van der Waals surface area (Å²) in [6.45, 7) is 7.23. The Balaban J connectivity index is 1.29. The number of piperidine rings is 1. The second-order valence-electron chi connectivity index (χ2n) is 10.6. The van der Waals surface area contributed by atoms with Crippen molar-refractivity contribution in [2.45, 2.75) is 51.2 Å². The van der Waals surface area contributed by atoms with Gasteiger partial charge in [-0.1, -0.05) is 29.8 Å². The van der Waals surface area contributed by atoms with Crippen LogP contribution < -0.4 is 9.64 Å². The molecule has 1 aliphatic heterocycles. The van der Waals surface area contributed by atoms with Gasteiger partial charge in [-0.25, -0.2) is 9.50 Å². The molecule has 1 aromatic carbocycles. The maximum atomic E-state index is 11.2. The summed E-state index contributed by atoms with van der Waals surface area (Å²) < 4.78 is 7.61. The van der Waals surface area contributed by atoms with Crippen molar-refractivity contribution >= 4 is 11.3 Å². The standard InChI is InChI=1S/C29H34N4O3/c1-21-5-4-6-22(15-21)17-29(35)10-13-32(14-11-29)27-8-7-23(18-30-27)25-16-24(36-20-28(2,3)34)19-33-26(25)9-12-31-33/h4-9,12,15-16,18-19,34-35H,10-11,13-14,17,20H2,1-3H3. The lowest BCUT2D eigenvalue weighted by atomic mass is 9.85. The normalized spacial score (nSPS) is 15.9. The topological polar surface area (TPSA) is 83.1 Å². The molecule has 188 valence electrons. The highest BCUT2D eigenvalue weighted by atomic mass is 16.5. The summed E-state index contributed by atoms with van der Waals surface area (Å²) in [4.78, 5) is 7.00.